The van der Waals surface area contributed by atoms with E-state index in [2.05, 4.69) is 28.1 Å². The third-order valence-electron chi connectivity index (χ3n) is 6.62. The van der Waals surface area contributed by atoms with E-state index < -0.39 is 5.92 Å². The summed E-state index contributed by atoms with van der Waals surface area (Å²) in [7, 11) is 1.68. The van der Waals surface area contributed by atoms with Crippen LogP contribution in [0.1, 0.15) is 53.8 Å². The molecule has 0 N–H and O–H groups in total. The van der Waals surface area contributed by atoms with Gasteiger partial charge in [0.05, 0.1) is 24.2 Å². The number of rotatable bonds is 4. The number of allylic oxidation sites excluding steroid dienone is 1. The van der Waals surface area contributed by atoms with Crippen molar-refractivity contribution in [3.63, 3.8) is 0 Å². The van der Waals surface area contributed by atoms with Crippen LogP contribution in [0, 0.1) is 11.3 Å². The summed E-state index contributed by atoms with van der Waals surface area (Å²) >= 11 is 0. The van der Waals surface area contributed by atoms with Crippen molar-refractivity contribution >= 4 is 16.9 Å². The smallest absolute Gasteiger partial charge is 0.256 e. The predicted molar refractivity (Wildman–Crippen MR) is 123 cm³/mol. The van der Waals surface area contributed by atoms with Gasteiger partial charge in [0.15, 0.2) is 0 Å². The van der Waals surface area contributed by atoms with Crippen LogP contribution in [0.5, 0.6) is 5.75 Å². The Morgan fingerprint density at radius 3 is 2.72 bits per heavy atom. The lowest BCUT2D eigenvalue weighted by Gasteiger charge is -2.33. The fraction of sp³-hybridized carbons (Fsp3) is 0.346. The Morgan fingerprint density at radius 1 is 1.12 bits per heavy atom. The van der Waals surface area contributed by atoms with Gasteiger partial charge in [-0.05, 0) is 54.8 Å². The summed E-state index contributed by atoms with van der Waals surface area (Å²) in [5, 5.41) is 10.1. The van der Waals surface area contributed by atoms with Crippen LogP contribution in [0.2, 0.25) is 0 Å². The van der Waals surface area contributed by atoms with E-state index in [9.17, 15) is 10.1 Å². The number of benzene rings is 2. The first kappa shape index (κ1) is 20.5. The first-order valence-electron chi connectivity index (χ1n) is 11.2. The maximum absolute atomic E-state index is 13.1. The Kier molecular flexibility index (Phi) is 5.50. The van der Waals surface area contributed by atoms with E-state index in [4.69, 9.17) is 4.74 Å². The standard InChI is InChI=1S/C26H26N4O2/c1-32-20-12-10-18(11-13-20)23-8-3-2-6-14-29(23)17-19-15-25(31)30-24-9-5-4-7-22(24)28-26(30)21(19)16-27/h4-5,7,9-13,15,21,23H,2-3,6,8,14,17H2,1H3. The lowest BCUT2D eigenvalue weighted by atomic mass is 9.94. The molecule has 2 aliphatic rings. The Hall–Kier alpha value is -3.43. The molecule has 0 amide bonds. The summed E-state index contributed by atoms with van der Waals surface area (Å²) in [6.45, 7) is 1.53. The summed E-state index contributed by atoms with van der Waals surface area (Å²) < 4.78 is 6.92. The molecule has 1 fully saturated rings. The SMILES string of the molecule is COc1ccc(C2CCCCCN2CC2=CC(=O)n3c(nc4ccccc43)C2C#N)cc1. The van der Waals surface area contributed by atoms with Crippen molar-refractivity contribution in [2.24, 2.45) is 0 Å². The minimum Gasteiger partial charge on any atom is -0.497 e. The van der Waals surface area contributed by atoms with E-state index in [1.54, 1.807) is 17.8 Å². The van der Waals surface area contributed by atoms with Gasteiger partial charge < -0.3 is 4.74 Å². The van der Waals surface area contributed by atoms with E-state index in [1.807, 2.05) is 36.4 Å². The van der Waals surface area contributed by atoms with Gasteiger partial charge in [0.2, 0.25) is 0 Å². The fourth-order valence-electron chi connectivity index (χ4n) is 5.01. The summed E-state index contributed by atoms with van der Waals surface area (Å²) in [6.07, 6.45) is 6.19. The molecule has 2 aromatic carbocycles. The highest BCUT2D eigenvalue weighted by atomic mass is 16.5. The van der Waals surface area contributed by atoms with Crippen molar-refractivity contribution in [2.45, 2.75) is 37.6 Å². The van der Waals surface area contributed by atoms with Gasteiger partial charge in [0.25, 0.3) is 5.91 Å². The number of ether oxygens (including phenoxy) is 1. The molecule has 2 unspecified atom stereocenters. The maximum atomic E-state index is 13.1. The van der Waals surface area contributed by atoms with Crippen LogP contribution in [0.4, 0.5) is 0 Å². The van der Waals surface area contributed by atoms with Crippen LogP contribution in [0.3, 0.4) is 0 Å². The minimum atomic E-state index is -0.528. The van der Waals surface area contributed by atoms with Gasteiger partial charge in [-0.15, -0.1) is 0 Å². The monoisotopic (exact) mass is 426 g/mol. The molecule has 3 heterocycles. The van der Waals surface area contributed by atoms with Crippen LogP contribution in [0.15, 0.2) is 60.2 Å². The highest BCUT2D eigenvalue weighted by Crippen LogP contribution is 2.36. The highest BCUT2D eigenvalue weighted by Gasteiger charge is 2.33. The predicted octanol–water partition coefficient (Wildman–Crippen LogP) is 4.85. The molecule has 0 radical (unpaired) electrons. The summed E-state index contributed by atoms with van der Waals surface area (Å²) in [4.78, 5) is 20.2. The zero-order chi connectivity index (χ0) is 22.1. The van der Waals surface area contributed by atoms with Gasteiger partial charge in [-0.2, -0.15) is 5.26 Å². The van der Waals surface area contributed by atoms with Crippen LogP contribution in [-0.2, 0) is 0 Å². The zero-order valence-electron chi connectivity index (χ0n) is 18.2. The van der Waals surface area contributed by atoms with Crippen molar-refractivity contribution in [3.8, 4) is 11.8 Å². The number of para-hydroxylation sites is 2. The van der Waals surface area contributed by atoms with E-state index in [0.29, 0.717) is 12.4 Å². The van der Waals surface area contributed by atoms with Crippen molar-refractivity contribution in [1.82, 2.24) is 14.5 Å². The number of likely N-dealkylation sites (tertiary alicyclic amines) is 1. The van der Waals surface area contributed by atoms with Gasteiger partial charge in [0.1, 0.15) is 17.5 Å². The van der Waals surface area contributed by atoms with Gasteiger partial charge in [-0.1, -0.05) is 37.1 Å². The Balaban J connectivity index is 1.48. The molecule has 1 saturated heterocycles. The van der Waals surface area contributed by atoms with Gasteiger partial charge in [0, 0.05) is 18.7 Å². The lowest BCUT2D eigenvalue weighted by molar-refractivity contribution is 0.0962. The van der Waals surface area contributed by atoms with Crippen molar-refractivity contribution in [3.05, 3.63) is 71.6 Å². The van der Waals surface area contributed by atoms with Crippen LogP contribution < -0.4 is 4.74 Å². The topological polar surface area (TPSA) is 71.2 Å². The van der Waals surface area contributed by atoms with E-state index in [0.717, 1.165) is 41.7 Å². The van der Waals surface area contributed by atoms with E-state index in [1.165, 1.54) is 18.4 Å². The number of fused-ring (bicyclic) bond motifs is 3. The van der Waals surface area contributed by atoms with E-state index >= 15 is 0 Å². The molecule has 32 heavy (non-hydrogen) atoms. The number of hydrogen-bond donors (Lipinski definition) is 0. The Labute approximate surface area is 187 Å². The molecule has 0 spiro atoms. The van der Waals surface area contributed by atoms with Crippen LogP contribution in [0.25, 0.3) is 11.0 Å². The van der Waals surface area contributed by atoms with Gasteiger partial charge in [-0.3, -0.25) is 14.3 Å². The lowest BCUT2D eigenvalue weighted by Crippen LogP contribution is -2.34. The molecule has 6 heteroatoms. The molecule has 6 nitrogen and oxygen atoms in total. The van der Waals surface area contributed by atoms with Crippen LogP contribution >= 0.6 is 0 Å². The summed E-state index contributed by atoms with van der Waals surface area (Å²) in [6, 6.07) is 18.5. The second-order valence-electron chi connectivity index (χ2n) is 8.52. The molecule has 0 bridgehead atoms. The Morgan fingerprint density at radius 2 is 1.94 bits per heavy atom. The Bertz CT molecular complexity index is 1220. The third-order valence-corrected chi connectivity index (χ3v) is 6.62. The van der Waals surface area contributed by atoms with Crippen molar-refractivity contribution < 1.29 is 9.53 Å². The first-order chi connectivity index (χ1) is 15.7. The number of aromatic nitrogens is 2. The number of nitrogens with zero attached hydrogens (tertiary/aromatic N) is 4. The molecular formula is C26H26N4O2. The minimum absolute atomic E-state index is 0.119. The van der Waals surface area contributed by atoms with Crippen molar-refractivity contribution in [2.75, 3.05) is 20.2 Å². The summed E-state index contributed by atoms with van der Waals surface area (Å²) in [5.74, 6) is 0.732. The molecule has 0 aliphatic carbocycles. The molecule has 1 aromatic heterocycles. The highest BCUT2D eigenvalue weighted by molar-refractivity contribution is 5.99. The number of carbonyl (C=O) groups excluding carboxylic acids is 1. The molecule has 3 aromatic rings. The number of carbonyl (C=O) groups is 1. The average Bonchev–Trinajstić information content (AvgIpc) is 3.06. The third kappa shape index (κ3) is 3.59. The molecular weight excluding hydrogens is 400 g/mol. The molecule has 0 saturated carbocycles. The zero-order valence-corrected chi connectivity index (χ0v) is 18.2. The average molecular weight is 427 g/mol. The number of nitriles is 1. The number of methoxy groups -OCH3 is 1. The van der Waals surface area contributed by atoms with Crippen molar-refractivity contribution in [1.29, 1.82) is 5.26 Å². The van der Waals surface area contributed by atoms with Gasteiger partial charge >= 0.3 is 0 Å². The largest absolute Gasteiger partial charge is 0.497 e. The summed E-state index contributed by atoms with van der Waals surface area (Å²) in [5.41, 5.74) is 3.59. The second-order valence-corrected chi connectivity index (χ2v) is 8.52. The first-order valence-corrected chi connectivity index (χ1v) is 11.2. The number of imidazole rings is 1. The molecule has 162 valence electrons. The van der Waals surface area contributed by atoms with Crippen LogP contribution in [-0.4, -0.2) is 40.6 Å². The number of hydrogen-bond acceptors (Lipinski definition) is 5. The molecule has 2 atom stereocenters. The normalized spacial score (nSPS) is 21.5. The second kappa shape index (κ2) is 8.60. The quantitative estimate of drug-likeness (QED) is 0.596. The maximum Gasteiger partial charge on any atom is 0.256 e. The molecule has 5 rings (SSSR count). The molecule has 2 aliphatic heterocycles. The van der Waals surface area contributed by atoms with Gasteiger partial charge in [-0.25, -0.2) is 4.98 Å². The fourth-order valence-corrected chi connectivity index (χ4v) is 5.01. The van der Waals surface area contributed by atoms with E-state index in [-0.39, 0.29) is 11.9 Å².